The first-order valence-corrected chi connectivity index (χ1v) is 6.88. The van der Waals surface area contributed by atoms with E-state index in [0.29, 0.717) is 12.1 Å². The zero-order valence-corrected chi connectivity index (χ0v) is 10.6. The zero-order valence-electron chi connectivity index (χ0n) is 10.6. The Balaban J connectivity index is 1.83. The van der Waals surface area contributed by atoms with Crippen LogP contribution in [0.5, 0.6) is 0 Å². The summed E-state index contributed by atoms with van der Waals surface area (Å²) in [6.07, 6.45) is 5.65. The Labute approximate surface area is 103 Å². The molecular formula is C13H22N2O2. The summed E-state index contributed by atoms with van der Waals surface area (Å²) in [4.78, 5) is 16.4. The van der Waals surface area contributed by atoms with Crippen molar-refractivity contribution in [1.82, 2.24) is 9.80 Å². The smallest absolute Gasteiger partial charge is 0.325 e. The van der Waals surface area contributed by atoms with Gasteiger partial charge in [-0.25, -0.2) is 0 Å². The highest BCUT2D eigenvalue weighted by atomic mass is 16.4. The van der Waals surface area contributed by atoms with E-state index in [0.717, 1.165) is 38.9 Å². The highest BCUT2D eigenvalue weighted by Crippen LogP contribution is 2.41. The minimum Gasteiger partial charge on any atom is -0.480 e. The second-order valence-electron chi connectivity index (χ2n) is 5.99. The van der Waals surface area contributed by atoms with Gasteiger partial charge in [0, 0.05) is 18.6 Å². The van der Waals surface area contributed by atoms with Gasteiger partial charge in [-0.1, -0.05) is 0 Å². The van der Waals surface area contributed by atoms with Crippen LogP contribution in [0.15, 0.2) is 0 Å². The number of nitrogens with zero attached hydrogens (tertiary/aromatic N) is 2. The first kappa shape index (κ1) is 11.5. The Morgan fingerprint density at radius 3 is 2.47 bits per heavy atom. The van der Waals surface area contributed by atoms with Gasteiger partial charge in [0.1, 0.15) is 5.54 Å². The van der Waals surface area contributed by atoms with Crippen molar-refractivity contribution >= 4 is 5.97 Å². The molecular weight excluding hydrogens is 216 g/mol. The van der Waals surface area contributed by atoms with Crippen LogP contribution in [0.2, 0.25) is 0 Å². The van der Waals surface area contributed by atoms with Crippen molar-refractivity contribution in [3.05, 3.63) is 0 Å². The lowest BCUT2D eigenvalue weighted by Crippen LogP contribution is -2.55. The molecule has 4 nitrogen and oxygen atoms in total. The van der Waals surface area contributed by atoms with Crippen molar-refractivity contribution in [2.24, 2.45) is 0 Å². The van der Waals surface area contributed by atoms with E-state index in [1.807, 2.05) is 0 Å². The van der Waals surface area contributed by atoms with Gasteiger partial charge in [0.2, 0.25) is 0 Å². The summed E-state index contributed by atoms with van der Waals surface area (Å²) in [7, 11) is 0. The second-order valence-corrected chi connectivity index (χ2v) is 5.99. The van der Waals surface area contributed by atoms with Crippen molar-refractivity contribution in [2.75, 3.05) is 19.6 Å². The Kier molecular flexibility index (Phi) is 2.67. The third-order valence-corrected chi connectivity index (χ3v) is 4.77. The van der Waals surface area contributed by atoms with Crippen LogP contribution < -0.4 is 0 Å². The predicted octanol–water partition coefficient (Wildman–Crippen LogP) is 1.16. The molecule has 0 aromatic rings. The van der Waals surface area contributed by atoms with Crippen LogP contribution in [-0.2, 0) is 4.79 Å². The largest absolute Gasteiger partial charge is 0.480 e. The van der Waals surface area contributed by atoms with Gasteiger partial charge < -0.3 is 5.11 Å². The Hall–Kier alpha value is -0.610. The quantitative estimate of drug-likeness (QED) is 0.801. The summed E-state index contributed by atoms with van der Waals surface area (Å²) < 4.78 is 0. The number of hydrogen-bond acceptors (Lipinski definition) is 3. The number of likely N-dealkylation sites (tertiary alicyclic amines) is 2. The summed E-state index contributed by atoms with van der Waals surface area (Å²) in [5, 5.41) is 9.69. The van der Waals surface area contributed by atoms with Gasteiger partial charge in [-0.3, -0.25) is 14.6 Å². The molecule has 3 rings (SSSR count). The monoisotopic (exact) mass is 238 g/mol. The van der Waals surface area contributed by atoms with Crippen LogP contribution in [0.3, 0.4) is 0 Å². The summed E-state index contributed by atoms with van der Waals surface area (Å²) >= 11 is 0. The van der Waals surface area contributed by atoms with E-state index >= 15 is 0 Å². The molecule has 1 aliphatic carbocycles. The SMILES string of the molecule is CC1CC(C(=O)O)(N2CCCC2)CN1C1CC1. The molecule has 0 aromatic heterocycles. The van der Waals surface area contributed by atoms with Crippen LogP contribution in [0.4, 0.5) is 0 Å². The van der Waals surface area contributed by atoms with E-state index in [1.54, 1.807) is 0 Å². The minimum atomic E-state index is -0.602. The number of rotatable bonds is 3. The van der Waals surface area contributed by atoms with E-state index < -0.39 is 11.5 Å². The highest BCUT2D eigenvalue weighted by Gasteiger charge is 2.55. The fraction of sp³-hybridized carbons (Fsp3) is 0.923. The molecule has 0 amide bonds. The average Bonchev–Trinajstić information content (AvgIpc) is 2.85. The van der Waals surface area contributed by atoms with Gasteiger partial charge in [-0.2, -0.15) is 0 Å². The van der Waals surface area contributed by atoms with Crippen molar-refractivity contribution in [1.29, 1.82) is 0 Å². The highest BCUT2D eigenvalue weighted by molar-refractivity contribution is 5.80. The van der Waals surface area contributed by atoms with Gasteiger partial charge in [0.25, 0.3) is 0 Å². The summed E-state index contributed by atoms with van der Waals surface area (Å²) in [6.45, 7) is 4.88. The van der Waals surface area contributed by atoms with Gasteiger partial charge in [0.15, 0.2) is 0 Å². The molecule has 2 atom stereocenters. The van der Waals surface area contributed by atoms with Crippen molar-refractivity contribution in [3.8, 4) is 0 Å². The van der Waals surface area contributed by atoms with Gasteiger partial charge in [-0.15, -0.1) is 0 Å². The minimum absolute atomic E-state index is 0.430. The standard InChI is InChI=1S/C13H22N2O2/c1-10-8-13(12(16)17,14-6-2-3-7-14)9-15(10)11-4-5-11/h10-11H,2-9H2,1H3,(H,16,17). The molecule has 0 radical (unpaired) electrons. The molecule has 96 valence electrons. The number of carboxylic acids is 1. The van der Waals surface area contributed by atoms with Crippen LogP contribution in [0.25, 0.3) is 0 Å². The van der Waals surface area contributed by atoms with Crippen LogP contribution in [0, 0.1) is 0 Å². The first-order chi connectivity index (χ1) is 8.13. The lowest BCUT2D eigenvalue weighted by atomic mass is 9.94. The summed E-state index contributed by atoms with van der Waals surface area (Å²) in [6, 6.07) is 1.10. The van der Waals surface area contributed by atoms with E-state index in [9.17, 15) is 9.90 Å². The molecule has 2 heterocycles. The normalized spacial score (nSPS) is 39.9. The number of carboxylic acid groups (broad SMARTS) is 1. The number of aliphatic carboxylic acids is 1. The number of carbonyl (C=O) groups is 1. The van der Waals surface area contributed by atoms with Crippen LogP contribution in [0.1, 0.15) is 39.0 Å². The molecule has 3 aliphatic rings. The summed E-state index contributed by atoms with van der Waals surface area (Å²) in [5.74, 6) is -0.602. The maximum atomic E-state index is 11.8. The van der Waals surface area contributed by atoms with E-state index in [1.165, 1.54) is 12.8 Å². The van der Waals surface area contributed by atoms with Crippen LogP contribution in [-0.4, -0.2) is 58.1 Å². The molecule has 0 spiro atoms. The molecule has 2 unspecified atom stereocenters. The zero-order chi connectivity index (χ0) is 12.0. The summed E-state index contributed by atoms with van der Waals surface area (Å²) in [5.41, 5.74) is -0.585. The molecule has 1 saturated carbocycles. The molecule has 0 bridgehead atoms. The molecule has 2 saturated heterocycles. The van der Waals surface area contributed by atoms with E-state index in [-0.39, 0.29) is 0 Å². The van der Waals surface area contributed by atoms with Gasteiger partial charge in [-0.05, 0) is 52.1 Å². The fourth-order valence-electron chi connectivity index (χ4n) is 3.69. The molecule has 0 aromatic carbocycles. The molecule has 2 aliphatic heterocycles. The third-order valence-electron chi connectivity index (χ3n) is 4.77. The maximum Gasteiger partial charge on any atom is 0.325 e. The van der Waals surface area contributed by atoms with Gasteiger partial charge in [0.05, 0.1) is 0 Å². The molecule has 3 fully saturated rings. The molecule has 1 N–H and O–H groups in total. The van der Waals surface area contributed by atoms with Crippen molar-refractivity contribution < 1.29 is 9.90 Å². The average molecular weight is 238 g/mol. The topological polar surface area (TPSA) is 43.8 Å². The predicted molar refractivity (Wildman–Crippen MR) is 65.0 cm³/mol. The maximum absolute atomic E-state index is 11.8. The fourth-order valence-corrected chi connectivity index (χ4v) is 3.69. The lowest BCUT2D eigenvalue weighted by molar-refractivity contribution is -0.150. The number of hydrogen-bond donors (Lipinski definition) is 1. The second kappa shape index (κ2) is 3.95. The Morgan fingerprint density at radius 2 is 1.94 bits per heavy atom. The van der Waals surface area contributed by atoms with Crippen molar-refractivity contribution in [3.63, 3.8) is 0 Å². The Bertz CT molecular complexity index is 323. The van der Waals surface area contributed by atoms with Crippen molar-refractivity contribution in [2.45, 2.75) is 56.7 Å². The van der Waals surface area contributed by atoms with Crippen LogP contribution >= 0.6 is 0 Å². The van der Waals surface area contributed by atoms with E-state index in [2.05, 4.69) is 16.7 Å². The van der Waals surface area contributed by atoms with Gasteiger partial charge >= 0.3 is 5.97 Å². The Morgan fingerprint density at radius 1 is 1.29 bits per heavy atom. The lowest BCUT2D eigenvalue weighted by Gasteiger charge is -2.34. The molecule has 4 heteroatoms. The van der Waals surface area contributed by atoms with E-state index in [4.69, 9.17) is 0 Å². The first-order valence-electron chi connectivity index (χ1n) is 6.88. The third kappa shape index (κ3) is 1.78. The molecule has 17 heavy (non-hydrogen) atoms.